The number of amides is 1. The molecular weight excluding hydrogens is 444 g/mol. The molecule has 1 amide bonds. The minimum atomic E-state index is -3.44. The largest absolute Gasteiger partial charge is 0.310 e. The summed E-state index contributed by atoms with van der Waals surface area (Å²) < 4.78 is 23.9. The van der Waals surface area contributed by atoms with Crippen molar-refractivity contribution < 1.29 is 13.2 Å². The van der Waals surface area contributed by atoms with Crippen molar-refractivity contribution in [1.82, 2.24) is 4.98 Å². The zero-order valence-electron chi connectivity index (χ0n) is 18.6. The van der Waals surface area contributed by atoms with Crippen LogP contribution in [0.2, 0.25) is 5.02 Å². The predicted molar refractivity (Wildman–Crippen MR) is 131 cm³/mol. The standard InChI is InChI=1S/C25H29ClN2O3S/c1-4-8-17(5-2)15-20(19-11-13-23(21(26)16-19)32(3,30)31)25(29)28-24-14-12-18-9-6-7-10-22(18)27-24/h6-7,9-14,16-17,20H,4-5,8,15H2,1-3H3,(H,27,28,29). The van der Waals surface area contributed by atoms with Crippen LogP contribution in [0.3, 0.4) is 0 Å². The molecule has 2 atom stereocenters. The molecule has 3 rings (SSSR count). The fourth-order valence-corrected chi connectivity index (χ4v) is 5.35. The Morgan fingerprint density at radius 3 is 2.50 bits per heavy atom. The molecule has 0 fully saturated rings. The van der Waals surface area contributed by atoms with Gasteiger partial charge in [0.1, 0.15) is 5.82 Å². The number of nitrogens with zero attached hydrogens (tertiary/aromatic N) is 1. The van der Waals surface area contributed by atoms with Crippen molar-refractivity contribution in [3.63, 3.8) is 0 Å². The van der Waals surface area contributed by atoms with Gasteiger partial charge in [-0.05, 0) is 48.2 Å². The number of hydrogen-bond acceptors (Lipinski definition) is 4. The highest BCUT2D eigenvalue weighted by molar-refractivity contribution is 7.90. The van der Waals surface area contributed by atoms with Gasteiger partial charge in [-0.25, -0.2) is 13.4 Å². The van der Waals surface area contributed by atoms with Crippen molar-refractivity contribution in [2.24, 2.45) is 5.92 Å². The summed E-state index contributed by atoms with van der Waals surface area (Å²) in [6.45, 7) is 4.26. The van der Waals surface area contributed by atoms with Gasteiger partial charge in [0.2, 0.25) is 5.91 Å². The molecule has 0 aliphatic rings. The quantitative estimate of drug-likeness (QED) is 0.400. The van der Waals surface area contributed by atoms with E-state index < -0.39 is 15.8 Å². The molecule has 1 N–H and O–H groups in total. The van der Waals surface area contributed by atoms with Crippen molar-refractivity contribution in [3.05, 3.63) is 65.2 Å². The molecule has 7 heteroatoms. The first-order valence-electron chi connectivity index (χ1n) is 10.9. The van der Waals surface area contributed by atoms with Gasteiger partial charge < -0.3 is 5.32 Å². The van der Waals surface area contributed by atoms with E-state index in [1.165, 1.54) is 6.07 Å². The smallest absolute Gasteiger partial charge is 0.233 e. The average molecular weight is 473 g/mol. The lowest BCUT2D eigenvalue weighted by Gasteiger charge is -2.23. The lowest BCUT2D eigenvalue weighted by Crippen LogP contribution is -2.24. The summed E-state index contributed by atoms with van der Waals surface area (Å²) in [6, 6.07) is 16.2. The number of rotatable bonds is 9. The van der Waals surface area contributed by atoms with Gasteiger partial charge in [0.05, 0.1) is 21.4 Å². The third kappa shape index (κ3) is 5.87. The molecule has 170 valence electrons. The molecule has 32 heavy (non-hydrogen) atoms. The molecule has 0 spiro atoms. The fourth-order valence-electron chi connectivity index (χ4n) is 4.01. The second-order valence-electron chi connectivity index (χ2n) is 8.19. The molecule has 2 unspecified atom stereocenters. The Balaban J connectivity index is 1.94. The number of halogens is 1. The molecular formula is C25H29ClN2O3S. The summed E-state index contributed by atoms with van der Waals surface area (Å²) >= 11 is 6.30. The number of carbonyl (C=O) groups is 1. The Labute approximate surface area is 195 Å². The Morgan fingerprint density at radius 2 is 1.84 bits per heavy atom. The maximum Gasteiger partial charge on any atom is 0.233 e. The van der Waals surface area contributed by atoms with Crippen molar-refractivity contribution >= 4 is 44.1 Å². The molecule has 5 nitrogen and oxygen atoms in total. The van der Waals surface area contributed by atoms with Gasteiger partial charge in [-0.2, -0.15) is 0 Å². The number of para-hydroxylation sites is 1. The van der Waals surface area contributed by atoms with Gasteiger partial charge in [0, 0.05) is 11.6 Å². The first kappa shape index (κ1) is 24.2. The zero-order valence-corrected chi connectivity index (χ0v) is 20.2. The van der Waals surface area contributed by atoms with E-state index in [0.29, 0.717) is 23.7 Å². The average Bonchev–Trinajstić information content (AvgIpc) is 2.75. The summed E-state index contributed by atoms with van der Waals surface area (Å²) in [6.07, 6.45) is 4.79. The van der Waals surface area contributed by atoms with Crippen LogP contribution in [0, 0.1) is 5.92 Å². The Bertz CT molecular complexity index is 1210. The number of sulfone groups is 1. The number of fused-ring (bicyclic) bond motifs is 1. The minimum absolute atomic E-state index is 0.0684. The third-order valence-electron chi connectivity index (χ3n) is 5.77. The van der Waals surface area contributed by atoms with E-state index in [2.05, 4.69) is 24.1 Å². The highest BCUT2D eigenvalue weighted by atomic mass is 35.5. The number of hydrogen-bond donors (Lipinski definition) is 1. The Hall–Kier alpha value is -2.44. The first-order valence-corrected chi connectivity index (χ1v) is 13.2. The summed E-state index contributed by atoms with van der Waals surface area (Å²) in [7, 11) is -3.44. The number of nitrogens with one attached hydrogen (secondary N) is 1. The molecule has 0 saturated heterocycles. The van der Waals surface area contributed by atoms with Crippen molar-refractivity contribution in [2.75, 3.05) is 11.6 Å². The van der Waals surface area contributed by atoms with Crippen LogP contribution >= 0.6 is 11.6 Å². The molecule has 0 radical (unpaired) electrons. The van der Waals surface area contributed by atoms with Crippen LogP contribution in [0.1, 0.15) is 51.0 Å². The second kappa shape index (κ2) is 10.5. The Kier molecular flexibility index (Phi) is 7.91. The molecule has 0 bridgehead atoms. The normalized spacial score (nSPS) is 13.6. The maximum atomic E-state index is 13.4. The maximum absolute atomic E-state index is 13.4. The molecule has 3 aromatic rings. The van der Waals surface area contributed by atoms with E-state index in [4.69, 9.17) is 11.6 Å². The van der Waals surface area contributed by atoms with Gasteiger partial charge >= 0.3 is 0 Å². The Morgan fingerprint density at radius 1 is 1.09 bits per heavy atom. The number of pyridine rings is 1. The van der Waals surface area contributed by atoms with E-state index in [1.54, 1.807) is 18.2 Å². The summed E-state index contributed by atoms with van der Waals surface area (Å²) in [5, 5.41) is 4.09. The van der Waals surface area contributed by atoms with Gasteiger partial charge in [0.25, 0.3) is 0 Å². The van der Waals surface area contributed by atoms with Gasteiger partial charge in [0.15, 0.2) is 9.84 Å². The zero-order chi connectivity index (χ0) is 23.3. The number of anilines is 1. The highest BCUT2D eigenvalue weighted by Crippen LogP contribution is 2.33. The monoisotopic (exact) mass is 472 g/mol. The highest BCUT2D eigenvalue weighted by Gasteiger charge is 2.26. The molecule has 0 aliphatic carbocycles. The third-order valence-corrected chi connectivity index (χ3v) is 7.35. The number of carbonyl (C=O) groups excluding carboxylic acids is 1. The van der Waals surface area contributed by atoms with Crippen molar-refractivity contribution in [1.29, 1.82) is 0 Å². The minimum Gasteiger partial charge on any atom is -0.310 e. The molecule has 2 aromatic carbocycles. The predicted octanol–water partition coefficient (Wildman–Crippen LogP) is 6.23. The molecule has 1 heterocycles. The number of aromatic nitrogens is 1. The second-order valence-corrected chi connectivity index (χ2v) is 10.6. The van der Waals surface area contributed by atoms with E-state index in [1.807, 2.05) is 30.3 Å². The van der Waals surface area contributed by atoms with E-state index in [0.717, 1.165) is 36.4 Å². The molecule has 0 aliphatic heterocycles. The van der Waals surface area contributed by atoms with Gasteiger partial charge in [-0.15, -0.1) is 0 Å². The van der Waals surface area contributed by atoms with Crippen molar-refractivity contribution in [3.8, 4) is 0 Å². The van der Waals surface area contributed by atoms with E-state index in [-0.39, 0.29) is 15.8 Å². The van der Waals surface area contributed by atoms with Gasteiger partial charge in [-0.1, -0.05) is 69.0 Å². The number of benzene rings is 2. The van der Waals surface area contributed by atoms with Gasteiger partial charge in [-0.3, -0.25) is 4.79 Å². The van der Waals surface area contributed by atoms with Crippen LogP contribution < -0.4 is 5.32 Å². The lowest BCUT2D eigenvalue weighted by molar-refractivity contribution is -0.118. The fraction of sp³-hybridized carbons (Fsp3) is 0.360. The van der Waals surface area contributed by atoms with Crippen LogP contribution in [-0.2, 0) is 14.6 Å². The lowest BCUT2D eigenvalue weighted by atomic mass is 9.84. The topological polar surface area (TPSA) is 76.1 Å². The van der Waals surface area contributed by atoms with Crippen LogP contribution in [0.25, 0.3) is 10.9 Å². The molecule has 0 saturated carbocycles. The summed E-state index contributed by atoms with van der Waals surface area (Å²) in [5.74, 6) is 0.214. The van der Waals surface area contributed by atoms with Crippen molar-refractivity contribution in [2.45, 2.75) is 50.3 Å². The summed E-state index contributed by atoms with van der Waals surface area (Å²) in [5.41, 5.74) is 1.51. The molecule has 1 aromatic heterocycles. The van der Waals surface area contributed by atoms with E-state index >= 15 is 0 Å². The summed E-state index contributed by atoms with van der Waals surface area (Å²) in [4.78, 5) is 18.0. The van der Waals surface area contributed by atoms with Crippen LogP contribution in [-0.4, -0.2) is 25.6 Å². The van der Waals surface area contributed by atoms with Crippen LogP contribution in [0.4, 0.5) is 5.82 Å². The first-order chi connectivity index (χ1) is 15.2. The SMILES string of the molecule is CCCC(CC)CC(C(=O)Nc1ccc2ccccc2n1)c1ccc(S(C)(=O)=O)c(Cl)c1. The van der Waals surface area contributed by atoms with Crippen LogP contribution in [0.5, 0.6) is 0 Å². The van der Waals surface area contributed by atoms with Crippen LogP contribution in [0.15, 0.2) is 59.5 Å². The van der Waals surface area contributed by atoms with E-state index in [9.17, 15) is 13.2 Å².